The molecule has 112 valence electrons. The van der Waals surface area contributed by atoms with Gasteiger partial charge in [-0.05, 0) is 37.6 Å². The maximum absolute atomic E-state index is 11.7. The Morgan fingerprint density at radius 3 is 2.95 bits per heavy atom. The molecule has 0 fully saturated rings. The van der Waals surface area contributed by atoms with Crippen molar-refractivity contribution in [2.24, 2.45) is 0 Å². The van der Waals surface area contributed by atoms with E-state index < -0.39 is 0 Å². The van der Waals surface area contributed by atoms with Crippen LogP contribution in [0, 0.1) is 6.92 Å². The van der Waals surface area contributed by atoms with Gasteiger partial charge in [-0.2, -0.15) is 0 Å². The van der Waals surface area contributed by atoms with Crippen molar-refractivity contribution in [3.63, 3.8) is 0 Å². The summed E-state index contributed by atoms with van der Waals surface area (Å²) in [6.45, 7) is 2.71. The standard InChI is InChI=1S/C15H19N3O3/c1-11-8-14(18-21-11)17-15(19)10-16-7-6-12-4-3-5-13(9-12)20-2/h3-5,8-9,16H,6-7,10H2,1-2H3,(H,17,18,19). The molecule has 6 nitrogen and oxygen atoms in total. The van der Waals surface area contributed by atoms with E-state index in [9.17, 15) is 4.79 Å². The molecule has 0 saturated carbocycles. The second-order valence-corrected chi connectivity index (χ2v) is 4.65. The largest absolute Gasteiger partial charge is 0.497 e. The number of anilines is 1. The smallest absolute Gasteiger partial charge is 0.239 e. The summed E-state index contributed by atoms with van der Waals surface area (Å²) >= 11 is 0. The van der Waals surface area contributed by atoms with Crippen LogP contribution in [0.5, 0.6) is 5.75 Å². The highest BCUT2D eigenvalue weighted by Crippen LogP contribution is 2.12. The van der Waals surface area contributed by atoms with Gasteiger partial charge in [-0.15, -0.1) is 0 Å². The predicted octanol–water partition coefficient (Wildman–Crippen LogP) is 1.76. The van der Waals surface area contributed by atoms with E-state index in [1.807, 2.05) is 24.3 Å². The molecular weight excluding hydrogens is 270 g/mol. The number of methoxy groups -OCH3 is 1. The number of nitrogens with zero attached hydrogens (tertiary/aromatic N) is 1. The van der Waals surface area contributed by atoms with E-state index in [1.165, 1.54) is 0 Å². The van der Waals surface area contributed by atoms with Crippen LogP contribution in [0.4, 0.5) is 5.82 Å². The van der Waals surface area contributed by atoms with E-state index in [0.29, 0.717) is 18.1 Å². The molecule has 1 heterocycles. The van der Waals surface area contributed by atoms with Crippen molar-refractivity contribution in [1.82, 2.24) is 10.5 Å². The van der Waals surface area contributed by atoms with Gasteiger partial charge in [-0.25, -0.2) is 0 Å². The molecule has 0 bridgehead atoms. The molecule has 0 aliphatic carbocycles. The fourth-order valence-electron chi connectivity index (χ4n) is 1.87. The summed E-state index contributed by atoms with van der Waals surface area (Å²) in [6, 6.07) is 9.55. The van der Waals surface area contributed by atoms with Crippen molar-refractivity contribution in [2.45, 2.75) is 13.3 Å². The molecular formula is C15H19N3O3. The fraction of sp³-hybridized carbons (Fsp3) is 0.333. The number of aryl methyl sites for hydroxylation is 1. The van der Waals surface area contributed by atoms with Crippen LogP contribution in [0.25, 0.3) is 0 Å². The third-order valence-electron chi connectivity index (χ3n) is 2.91. The predicted molar refractivity (Wildman–Crippen MR) is 79.4 cm³/mol. The number of benzene rings is 1. The van der Waals surface area contributed by atoms with Crippen molar-refractivity contribution >= 4 is 11.7 Å². The summed E-state index contributed by atoms with van der Waals surface area (Å²) in [5.74, 6) is 1.80. The molecule has 0 radical (unpaired) electrons. The van der Waals surface area contributed by atoms with Gasteiger partial charge in [0.05, 0.1) is 13.7 Å². The minimum Gasteiger partial charge on any atom is -0.497 e. The molecule has 0 unspecified atom stereocenters. The van der Waals surface area contributed by atoms with E-state index in [4.69, 9.17) is 9.26 Å². The lowest BCUT2D eigenvalue weighted by atomic mass is 10.1. The molecule has 21 heavy (non-hydrogen) atoms. The van der Waals surface area contributed by atoms with E-state index in [-0.39, 0.29) is 12.5 Å². The summed E-state index contributed by atoms with van der Waals surface area (Å²) in [6.07, 6.45) is 0.827. The molecule has 2 aromatic rings. The van der Waals surface area contributed by atoms with Crippen molar-refractivity contribution < 1.29 is 14.1 Å². The van der Waals surface area contributed by atoms with E-state index in [2.05, 4.69) is 15.8 Å². The van der Waals surface area contributed by atoms with Gasteiger partial charge in [0.1, 0.15) is 11.5 Å². The molecule has 0 aliphatic heterocycles. The number of carbonyl (C=O) groups is 1. The number of carbonyl (C=O) groups excluding carboxylic acids is 1. The average molecular weight is 289 g/mol. The molecule has 0 aliphatic rings. The number of rotatable bonds is 7. The van der Waals surface area contributed by atoms with E-state index in [1.54, 1.807) is 20.1 Å². The first-order valence-corrected chi connectivity index (χ1v) is 6.74. The van der Waals surface area contributed by atoms with Crippen LogP contribution in [-0.4, -0.2) is 31.3 Å². The lowest BCUT2D eigenvalue weighted by Gasteiger charge is -2.06. The lowest BCUT2D eigenvalue weighted by Crippen LogP contribution is -2.29. The molecule has 0 atom stereocenters. The van der Waals surface area contributed by atoms with Gasteiger partial charge < -0.3 is 19.9 Å². The Balaban J connectivity index is 1.68. The van der Waals surface area contributed by atoms with Gasteiger partial charge >= 0.3 is 0 Å². The highest BCUT2D eigenvalue weighted by atomic mass is 16.5. The zero-order valence-electron chi connectivity index (χ0n) is 12.2. The van der Waals surface area contributed by atoms with Crippen LogP contribution in [0.15, 0.2) is 34.9 Å². The summed E-state index contributed by atoms with van der Waals surface area (Å²) < 4.78 is 10.0. The van der Waals surface area contributed by atoms with Crippen LogP contribution >= 0.6 is 0 Å². The minimum atomic E-state index is -0.144. The Labute approximate surface area is 123 Å². The maximum atomic E-state index is 11.7. The number of hydrogen-bond donors (Lipinski definition) is 2. The van der Waals surface area contributed by atoms with Crippen LogP contribution in [0.3, 0.4) is 0 Å². The van der Waals surface area contributed by atoms with Gasteiger partial charge in [0.2, 0.25) is 5.91 Å². The van der Waals surface area contributed by atoms with Crippen molar-refractivity contribution in [2.75, 3.05) is 25.5 Å². The highest BCUT2D eigenvalue weighted by Gasteiger charge is 2.05. The molecule has 1 amide bonds. The summed E-state index contributed by atoms with van der Waals surface area (Å²) in [5.41, 5.74) is 1.16. The Morgan fingerprint density at radius 1 is 1.38 bits per heavy atom. The lowest BCUT2D eigenvalue weighted by molar-refractivity contribution is -0.115. The number of nitrogens with one attached hydrogen (secondary N) is 2. The third-order valence-corrected chi connectivity index (χ3v) is 2.91. The SMILES string of the molecule is COc1cccc(CCNCC(=O)Nc2cc(C)on2)c1. The molecule has 0 spiro atoms. The first-order chi connectivity index (χ1) is 10.2. The van der Waals surface area contributed by atoms with Crippen LogP contribution in [0.1, 0.15) is 11.3 Å². The van der Waals surface area contributed by atoms with Gasteiger partial charge in [-0.3, -0.25) is 4.79 Å². The van der Waals surface area contributed by atoms with Crippen LogP contribution < -0.4 is 15.4 Å². The number of amides is 1. The molecule has 2 N–H and O–H groups in total. The zero-order chi connectivity index (χ0) is 15.1. The number of ether oxygens (including phenoxy) is 1. The quantitative estimate of drug-likeness (QED) is 0.760. The third kappa shape index (κ3) is 4.92. The van der Waals surface area contributed by atoms with Gasteiger partial charge in [0.25, 0.3) is 0 Å². The number of aromatic nitrogens is 1. The van der Waals surface area contributed by atoms with Crippen molar-refractivity contribution in [3.05, 3.63) is 41.7 Å². The molecule has 1 aromatic carbocycles. The Hall–Kier alpha value is -2.34. The monoisotopic (exact) mass is 289 g/mol. The average Bonchev–Trinajstić information content (AvgIpc) is 2.89. The fourth-order valence-corrected chi connectivity index (χ4v) is 1.87. The Morgan fingerprint density at radius 2 is 2.24 bits per heavy atom. The summed E-state index contributed by atoms with van der Waals surface area (Å²) in [7, 11) is 1.65. The molecule has 6 heteroatoms. The summed E-state index contributed by atoms with van der Waals surface area (Å²) in [5, 5.41) is 9.44. The van der Waals surface area contributed by atoms with Crippen LogP contribution in [-0.2, 0) is 11.2 Å². The van der Waals surface area contributed by atoms with Gasteiger partial charge in [-0.1, -0.05) is 17.3 Å². The molecule has 2 rings (SSSR count). The first-order valence-electron chi connectivity index (χ1n) is 6.74. The van der Waals surface area contributed by atoms with Crippen molar-refractivity contribution in [1.29, 1.82) is 0 Å². The zero-order valence-corrected chi connectivity index (χ0v) is 12.2. The Kier molecular flexibility index (Phi) is 5.34. The second kappa shape index (κ2) is 7.44. The van der Waals surface area contributed by atoms with Gasteiger partial charge in [0.15, 0.2) is 5.82 Å². The van der Waals surface area contributed by atoms with Crippen molar-refractivity contribution in [3.8, 4) is 5.75 Å². The second-order valence-electron chi connectivity index (χ2n) is 4.65. The maximum Gasteiger partial charge on any atom is 0.239 e. The van der Waals surface area contributed by atoms with Crippen LogP contribution in [0.2, 0.25) is 0 Å². The Bertz CT molecular complexity index is 595. The molecule has 0 saturated heterocycles. The normalized spacial score (nSPS) is 10.4. The summed E-state index contributed by atoms with van der Waals surface area (Å²) in [4.78, 5) is 11.7. The topological polar surface area (TPSA) is 76.4 Å². The first kappa shape index (κ1) is 15.1. The number of hydrogen-bond acceptors (Lipinski definition) is 5. The van der Waals surface area contributed by atoms with E-state index in [0.717, 1.165) is 17.7 Å². The van der Waals surface area contributed by atoms with Gasteiger partial charge in [0, 0.05) is 6.07 Å². The van der Waals surface area contributed by atoms with E-state index >= 15 is 0 Å². The minimum absolute atomic E-state index is 0.144. The molecule has 1 aromatic heterocycles. The highest BCUT2D eigenvalue weighted by molar-refractivity contribution is 5.91.